The van der Waals surface area contributed by atoms with Crippen LogP contribution in [-0.2, 0) is 4.79 Å². The van der Waals surface area contributed by atoms with Crippen LogP contribution in [0.4, 0.5) is 0 Å². The molecule has 0 radical (unpaired) electrons. The highest BCUT2D eigenvalue weighted by molar-refractivity contribution is 5.78. The summed E-state index contributed by atoms with van der Waals surface area (Å²) in [5, 5.41) is 3.35. The molecule has 1 amide bonds. The highest BCUT2D eigenvalue weighted by Crippen LogP contribution is 2.25. The zero-order chi connectivity index (χ0) is 13.0. The number of rotatable bonds is 6. The van der Waals surface area contributed by atoms with Crippen LogP contribution in [0.2, 0.25) is 0 Å². The monoisotopic (exact) mass is 240 g/mol. The summed E-state index contributed by atoms with van der Waals surface area (Å²) in [6.45, 7) is 10.7. The summed E-state index contributed by atoms with van der Waals surface area (Å²) in [6, 6.07) is 0.426. The van der Waals surface area contributed by atoms with Crippen molar-refractivity contribution in [2.45, 2.75) is 46.6 Å². The summed E-state index contributed by atoms with van der Waals surface area (Å²) in [5.41, 5.74) is 0. The molecule has 1 aliphatic heterocycles. The first-order valence-corrected chi connectivity index (χ1v) is 6.94. The Morgan fingerprint density at radius 1 is 1.41 bits per heavy atom. The van der Waals surface area contributed by atoms with Gasteiger partial charge in [-0.1, -0.05) is 34.1 Å². The van der Waals surface area contributed by atoms with Gasteiger partial charge in [0.05, 0.1) is 0 Å². The molecule has 17 heavy (non-hydrogen) atoms. The lowest BCUT2D eigenvalue weighted by Crippen LogP contribution is -2.44. The van der Waals surface area contributed by atoms with E-state index in [9.17, 15) is 4.79 Å². The van der Waals surface area contributed by atoms with Gasteiger partial charge in [-0.2, -0.15) is 0 Å². The molecule has 0 spiro atoms. The molecule has 0 aromatic carbocycles. The van der Waals surface area contributed by atoms with Crippen molar-refractivity contribution in [1.29, 1.82) is 0 Å². The van der Waals surface area contributed by atoms with E-state index >= 15 is 0 Å². The number of nitrogens with one attached hydrogen (secondary N) is 1. The molecule has 3 atom stereocenters. The van der Waals surface area contributed by atoms with Crippen molar-refractivity contribution < 1.29 is 4.79 Å². The molecule has 1 rings (SSSR count). The summed E-state index contributed by atoms with van der Waals surface area (Å²) >= 11 is 0. The third kappa shape index (κ3) is 3.70. The second kappa shape index (κ2) is 6.39. The maximum absolute atomic E-state index is 11.9. The van der Waals surface area contributed by atoms with Crippen molar-refractivity contribution in [2.75, 3.05) is 20.1 Å². The van der Waals surface area contributed by atoms with Gasteiger partial charge in [0.2, 0.25) is 5.91 Å². The van der Waals surface area contributed by atoms with E-state index < -0.39 is 0 Å². The molecule has 0 bridgehead atoms. The molecular weight excluding hydrogens is 212 g/mol. The van der Waals surface area contributed by atoms with E-state index in [2.05, 4.69) is 37.9 Å². The smallest absolute Gasteiger partial charge is 0.222 e. The fourth-order valence-corrected chi connectivity index (χ4v) is 2.50. The van der Waals surface area contributed by atoms with E-state index in [1.807, 2.05) is 7.05 Å². The first-order valence-electron chi connectivity index (χ1n) is 6.94. The van der Waals surface area contributed by atoms with Crippen molar-refractivity contribution >= 4 is 5.91 Å². The van der Waals surface area contributed by atoms with Crippen molar-refractivity contribution in [3.05, 3.63) is 0 Å². The zero-order valence-corrected chi connectivity index (χ0v) is 12.0. The molecule has 1 fully saturated rings. The van der Waals surface area contributed by atoms with Crippen molar-refractivity contribution in [3.63, 3.8) is 0 Å². The van der Waals surface area contributed by atoms with Crippen LogP contribution in [0.1, 0.15) is 40.5 Å². The number of likely N-dealkylation sites (tertiary alicyclic amines) is 1. The van der Waals surface area contributed by atoms with E-state index in [4.69, 9.17) is 0 Å². The number of likely N-dealkylation sites (N-methyl/N-ethyl adjacent to an activating group) is 1. The van der Waals surface area contributed by atoms with Crippen LogP contribution >= 0.6 is 0 Å². The summed E-state index contributed by atoms with van der Waals surface area (Å²) in [7, 11) is 2.00. The van der Waals surface area contributed by atoms with E-state index in [1.54, 1.807) is 0 Å². The summed E-state index contributed by atoms with van der Waals surface area (Å²) in [4.78, 5) is 14.0. The van der Waals surface area contributed by atoms with Gasteiger partial charge in [0, 0.05) is 25.6 Å². The van der Waals surface area contributed by atoms with Crippen LogP contribution < -0.4 is 5.32 Å². The minimum atomic E-state index is 0.340. The lowest BCUT2D eigenvalue weighted by Gasteiger charge is -2.28. The van der Waals surface area contributed by atoms with Crippen LogP contribution in [0, 0.1) is 17.8 Å². The van der Waals surface area contributed by atoms with Gasteiger partial charge < -0.3 is 10.2 Å². The van der Waals surface area contributed by atoms with Gasteiger partial charge in [0.1, 0.15) is 0 Å². The molecule has 1 N–H and O–H groups in total. The Balaban J connectivity index is 2.53. The SMILES string of the molecule is CCC(C)C(CN1CC(C(C)C)CC1=O)NC. The molecule has 0 aromatic rings. The van der Waals surface area contributed by atoms with Crippen LogP contribution in [-0.4, -0.2) is 37.0 Å². The Morgan fingerprint density at radius 2 is 2.06 bits per heavy atom. The second-order valence-electron chi connectivity index (χ2n) is 5.79. The molecule has 1 aliphatic rings. The van der Waals surface area contributed by atoms with Crippen LogP contribution in [0.15, 0.2) is 0 Å². The largest absolute Gasteiger partial charge is 0.341 e. The summed E-state index contributed by atoms with van der Waals surface area (Å²) in [5.74, 6) is 2.12. The van der Waals surface area contributed by atoms with Crippen LogP contribution in [0.25, 0.3) is 0 Å². The van der Waals surface area contributed by atoms with Gasteiger partial charge in [-0.15, -0.1) is 0 Å². The molecule has 0 aliphatic carbocycles. The van der Waals surface area contributed by atoms with Gasteiger partial charge in [-0.3, -0.25) is 4.79 Å². The fourth-order valence-electron chi connectivity index (χ4n) is 2.50. The van der Waals surface area contributed by atoms with Gasteiger partial charge >= 0.3 is 0 Å². The predicted octanol–water partition coefficient (Wildman–Crippen LogP) is 2.12. The molecule has 0 saturated carbocycles. The minimum Gasteiger partial charge on any atom is -0.341 e. The molecule has 3 heteroatoms. The fraction of sp³-hybridized carbons (Fsp3) is 0.929. The topological polar surface area (TPSA) is 32.3 Å². The third-order valence-corrected chi connectivity index (χ3v) is 4.31. The summed E-state index contributed by atoms with van der Waals surface area (Å²) in [6.07, 6.45) is 1.90. The molecule has 1 heterocycles. The Morgan fingerprint density at radius 3 is 2.47 bits per heavy atom. The minimum absolute atomic E-state index is 0.340. The quantitative estimate of drug-likeness (QED) is 0.771. The molecular formula is C14H28N2O. The Bertz CT molecular complexity index is 253. The average Bonchev–Trinajstić information content (AvgIpc) is 2.67. The predicted molar refractivity (Wildman–Crippen MR) is 71.8 cm³/mol. The summed E-state index contributed by atoms with van der Waals surface area (Å²) < 4.78 is 0. The molecule has 3 unspecified atom stereocenters. The van der Waals surface area contributed by atoms with Crippen LogP contribution in [0.3, 0.4) is 0 Å². The number of carbonyl (C=O) groups is 1. The lowest BCUT2D eigenvalue weighted by molar-refractivity contribution is -0.128. The normalized spacial score (nSPS) is 24.5. The van der Waals surface area contributed by atoms with E-state index in [0.717, 1.165) is 25.9 Å². The van der Waals surface area contributed by atoms with Gasteiger partial charge in [-0.05, 0) is 24.8 Å². The first-order chi connectivity index (χ1) is 7.99. The average molecular weight is 240 g/mol. The highest BCUT2D eigenvalue weighted by atomic mass is 16.2. The maximum atomic E-state index is 11.9. The van der Waals surface area contributed by atoms with Crippen molar-refractivity contribution in [1.82, 2.24) is 10.2 Å². The molecule has 3 nitrogen and oxygen atoms in total. The van der Waals surface area contributed by atoms with Crippen molar-refractivity contribution in [2.24, 2.45) is 17.8 Å². The van der Waals surface area contributed by atoms with E-state index in [0.29, 0.717) is 29.7 Å². The zero-order valence-electron chi connectivity index (χ0n) is 12.0. The Kier molecular flexibility index (Phi) is 5.44. The lowest BCUT2D eigenvalue weighted by atomic mass is 9.95. The second-order valence-corrected chi connectivity index (χ2v) is 5.79. The Hall–Kier alpha value is -0.570. The van der Waals surface area contributed by atoms with Gasteiger partial charge in [0.15, 0.2) is 0 Å². The maximum Gasteiger partial charge on any atom is 0.222 e. The Labute approximate surface area is 106 Å². The number of hydrogen-bond donors (Lipinski definition) is 1. The number of hydrogen-bond acceptors (Lipinski definition) is 2. The van der Waals surface area contributed by atoms with Crippen molar-refractivity contribution in [3.8, 4) is 0 Å². The van der Waals surface area contributed by atoms with Gasteiger partial charge in [-0.25, -0.2) is 0 Å². The van der Waals surface area contributed by atoms with Gasteiger partial charge in [0.25, 0.3) is 0 Å². The molecule has 1 saturated heterocycles. The highest BCUT2D eigenvalue weighted by Gasteiger charge is 2.32. The first kappa shape index (κ1) is 14.5. The van der Waals surface area contributed by atoms with E-state index in [1.165, 1.54) is 0 Å². The number of nitrogens with zero attached hydrogens (tertiary/aromatic N) is 1. The third-order valence-electron chi connectivity index (χ3n) is 4.31. The molecule has 100 valence electrons. The van der Waals surface area contributed by atoms with E-state index in [-0.39, 0.29) is 0 Å². The number of carbonyl (C=O) groups excluding carboxylic acids is 1. The van der Waals surface area contributed by atoms with Crippen LogP contribution in [0.5, 0.6) is 0 Å². The molecule has 0 aromatic heterocycles. The number of amides is 1. The standard InChI is InChI=1S/C14H28N2O/c1-6-11(4)13(15-5)9-16-8-12(10(2)3)7-14(16)17/h10-13,15H,6-9H2,1-5H3.